The monoisotopic (exact) mass is 280 g/mol. The van der Waals surface area contributed by atoms with Gasteiger partial charge in [0.25, 0.3) is 0 Å². The van der Waals surface area contributed by atoms with Gasteiger partial charge in [-0.25, -0.2) is 0 Å². The number of hydrogen-bond acceptors (Lipinski definition) is 2. The number of rotatable bonds is 8. The predicted octanol–water partition coefficient (Wildman–Crippen LogP) is 4.37. The first-order chi connectivity index (χ1) is 9.63. The van der Waals surface area contributed by atoms with E-state index in [4.69, 9.17) is 0 Å². The molecule has 2 unspecified atom stereocenters. The zero-order chi connectivity index (χ0) is 15.0. The molecule has 0 aliphatic heterocycles. The Morgan fingerprint density at radius 1 is 1.15 bits per heavy atom. The molecule has 0 saturated carbocycles. The largest absolute Gasteiger partial charge is 0.309 e. The molecule has 0 amide bonds. The second kappa shape index (κ2) is 8.84. The molecule has 0 spiro atoms. The smallest absolute Gasteiger partial charge is 0.0463 e. The van der Waals surface area contributed by atoms with E-state index in [1.165, 1.54) is 38.5 Å². The molecule has 1 aliphatic carbocycles. The summed E-state index contributed by atoms with van der Waals surface area (Å²) in [7, 11) is 0. The van der Waals surface area contributed by atoms with Crippen molar-refractivity contribution in [1.29, 1.82) is 0 Å². The zero-order valence-electron chi connectivity index (χ0n) is 14.5. The van der Waals surface area contributed by atoms with Gasteiger partial charge in [-0.1, -0.05) is 45.8 Å². The van der Waals surface area contributed by atoms with Crippen LogP contribution in [0, 0.1) is 0 Å². The summed E-state index contributed by atoms with van der Waals surface area (Å²) in [4.78, 5) is 2.64. The molecule has 2 nitrogen and oxygen atoms in total. The SMILES string of the molecule is CCNC(C1=CCCCCC1)C(C)(CC)N(CC)CC. The molecule has 0 aromatic heterocycles. The van der Waals surface area contributed by atoms with Crippen LogP contribution in [0.2, 0.25) is 0 Å². The lowest BCUT2D eigenvalue weighted by Crippen LogP contribution is -2.60. The van der Waals surface area contributed by atoms with Gasteiger partial charge in [-0.15, -0.1) is 0 Å². The van der Waals surface area contributed by atoms with E-state index in [-0.39, 0.29) is 5.54 Å². The fourth-order valence-electron chi connectivity index (χ4n) is 3.81. The molecular formula is C18H36N2. The normalized spacial score (nSPS) is 21.2. The third-order valence-corrected chi connectivity index (χ3v) is 5.18. The quantitative estimate of drug-likeness (QED) is 0.664. The van der Waals surface area contributed by atoms with Crippen molar-refractivity contribution in [1.82, 2.24) is 10.2 Å². The van der Waals surface area contributed by atoms with Crippen molar-refractivity contribution >= 4 is 0 Å². The molecule has 0 saturated heterocycles. The first-order valence-corrected chi connectivity index (χ1v) is 8.81. The van der Waals surface area contributed by atoms with Crippen LogP contribution in [0.3, 0.4) is 0 Å². The van der Waals surface area contributed by atoms with Crippen LogP contribution in [0.5, 0.6) is 0 Å². The Kier molecular flexibility index (Phi) is 7.83. The Balaban J connectivity index is 3.04. The van der Waals surface area contributed by atoms with Gasteiger partial charge < -0.3 is 5.32 Å². The highest BCUT2D eigenvalue weighted by Crippen LogP contribution is 2.32. The summed E-state index contributed by atoms with van der Waals surface area (Å²) in [6, 6.07) is 0.510. The highest BCUT2D eigenvalue weighted by molar-refractivity contribution is 5.19. The molecular weight excluding hydrogens is 244 g/mol. The van der Waals surface area contributed by atoms with Gasteiger partial charge >= 0.3 is 0 Å². The first kappa shape index (κ1) is 17.7. The summed E-state index contributed by atoms with van der Waals surface area (Å²) < 4.78 is 0. The second-order valence-corrected chi connectivity index (χ2v) is 6.25. The van der Waals surface area contributed by atoms with Crippen LogP contribution in [0.4, 0.5) is 0 Å². The number of nitrogens with zero attached hydrogens (tertiary/aromatic N) is 1. The lowest BCUT2D eigenvalue weighted by molar-refractivity contribution is 0.0819. The minimum atomic E-state index is 0.232. The third-order valence-electron chi connectivity index (χ3n) is 5.18. The Morgan fingerprint density at radius 3 is 2.40 bits per heavy atom. The van der Waals surface area contributed by atoms with Crippen molar-refractivity contribution in [3.05, 3.63) is 11.6 Å². The lowest BCUT2D eigenvalue weighted by atomic mass is 9.81. The Labute approximate surface area is 127 Å². The average Bonchev–Trinajstić information content (AvgIpc) is 2.74. The molecule has 0 heterocycles. The molecule has 2 atom stereocenters. The van der Waals surface area contributed by atoms with Crippen LogP contribution in [0.25, 0.3) is 0 Å². The number of allylic oxidation sites excluding steroid dienone is 1. The Morgan fingerprint density at radius 2 is 1.85 bits per heavy atom. The molecule has 0 aromatic rings. The van der Waals surface area contributed by atoms with Gasteiger partial charge in [0.2, 0.25) is 0 Å². The maximum atomic E-state index is 3.81. The van der Waals surface area contributed by atoms with E-state index in [1.807, 2.05) is 0 Å². The highest BCUT2D eigenvalue weighted by Gasteiger charge is 2.38. The average molecular weight is 280 g/mol. The topological polar surface area (TPSA) is 15.3 Å². The molecule has 0 aromatic carbocycles. The van der Waals surface area contributed by atoms with Crippen LogP contribution in [0.15, 0.2) is 11.6 Å². The second-order valence-electron chi connectivity index (χ2n) is 6.25. The van der Waals surface area contributed by atoms with Crippen molar-refractivity contribution in [2.75, 3.05) is 19.6 Å². The lowest BCUT2D eigenvalue weighted by Gasteiger charge is -2.47. The van der Waals surface area contributed by atoms with Gasteiger partial charge in [0.05, 0.1) is 0 Å². The number of likely N-dealkylation sites (N-methyl/N-ethyl adjacent to an activating group) is 2. The minimum Gasteiger partial charge on any atom is -0.309 e. The molecule has 1 aliphatic rings. The molecule has 2 heteroatoms. The van der Waals surface area contributed by atoms with Gasteiger partial charge in [0.1, 0.15) is 0 Å². The van der Waals surface area contributed by atoms with Crippen molar-refractivity contribution in [3.63, 3.8) is 0 Å². The van der Waals surface area contributed by atoms with Crippen molar-refractivity contribution < 1.29 is 0 Å². The summed E-state index contributed by atoms with van der Waals surface area (Å²) in [6.45, 7) is 15.0. The number of hydrogen-bond donors (Lipinski definition) is 1. The summed E-state index contributed by atoms with van der Waals surface area (Å²) in [5.74, 6) is 0. The molecule has 20 heavy (non-hydrogen) atoms. The summed E-state index contributed by atoms with van der Waals surface area (Å²) in [5.41, 5.74) is 1.90. The third kappa shape index (κ3) is 4.08. The van der Waals surface area contributed by atoms with Crippen LogP contribution in [0.1, 0.15) is 73.1 Å². The Hall–Kier alpha value is -0.340. The van der Waals surface area contributed by atoms with Crippen molar-refractivity contribution in [2.24, 2.45) is 0 Å². The number of nitrogens with one attached hydrogen (secondary N) is 1. The van der Waals surface area contributed by atoms with Crippen molar-refractivity contribution in [2.45, 2.75) is 84.7 Å². The van der Waals surface area contributed by atoms with Gasteiger partial charge in [0, 0.05) is 11.6 Å². The molecule has 1 N–H and O–H groups in total. The summed E-state index contributed by atoms with van der Waals surface area (Å²) >= 11 is 0. The van der Waals surface area contributed by atoms with E-state index in [2.05, 4.69) is 50.9 Å². The van der Waals surface area contributed by atoms with E-state index in [9.17, 15) is 0 Å². The van der Waals surface area contributed by atoms with Gasteiger partial charge in [0.15, 0.2) is 0 Å². The maximum absolute atomic E-state index is 3.81. The highest BCUT2D eigenvalue weighted by atomic mass is 15.2. The van der Waals surface area contributed by atoms with E-state index in [0.29, 0.717) is 6.04 Å². The first-order valence-electron chi connectivity index (χ1n) is 8.81. The Bertz CT molecular complexity index is 294. The fraction of sp³-hybridized carbons (Fsp3) is 0.889. The van der Waals surface area contributed by atoms with E-state index >= 15 is 0 Å². The molecule has 1 rings (SSSR count). The van der Waals surface area contributed by atoms with Gasteiger partial charge in [-0.05, 0) is 58.7 Å². The van der Waals surface area contributed by atoms with E-state index in [0.717, 1.165) is 19.6 Å². The molecule has 0 bridgehead atoms. The van der Waals surface area contributed by atoms with Gasteiger partial charge in [-0.2, -0.15) is 0 Å². The van der Waals surface area contributed by atoms with Crippen LogP contribution < -0.4 is 5.32 Å². The standard InChI is InChI=1S/C18H36N2/c1-6-18(5,20(8-3)9-4)17(19-7-2)16-14-12-10-11-13-15-16/h14,17,19H,6-13,15H2,1-5H3. The maximum Gasteiger partial charge on any atom is 0.0463 e. The summed E-state index contributed by atoms with van der Waals surface area (Å²) in [5, 5.41) is 3.81. The molecule has 0 fully saturated rings. The van der Waals surface area contributed by atoms with E-state index in [1.54, 1.807) is 5.57 Å². The molecule has 0 radical (unpaired) electrons. The van der Waals surface area contributed by atoms with Crippen LogP contribution in [-0.4, -0.2) is 36.1 Å². The van der Waals surface area contributed by atoms with E-state index < -0.39 is 0 Å². The molecule has 118 valence electrons. The fourth-order valence-corrected chi connectivity index (χ4v) is 3.81. The van der Waals surface area contributed by atoms with Gasteiger partial charge in [-0.3, -0.25) is 4.90 Å². The minimum absolute atomic E-state index is 0.232. The van der Waals surface area contributed by atoms with Crippen molar-refractivity contribution in [3.8, 4) is 0 Å². The predicted molar refractivity (Wildman–Crippen MR) is 90.2 cm³/mol. The summed E-state index contributed by atoms with van der Waals surface area (Å²) in [6.07, 6.45) is 10.4. The van der Waals surface area contributed by atoms with Crippen LogP contribution >= 0.6 is 0 Å². The van der Waals surface area contributed by atoms with Crippen LogP contribution in [-0.2, 0) is 0 Å². The zero-order valence-corrected chi connectivity index (χ0v) is 14.5.